The molecule has 0 heterocycles. The normalized spacial score (nSPS) is 34.5. The first-order chi connectivity index (χ1) is 6.31. The van der Waals surface area contributed by atoms with Gasteiger partial charge in [0.1, 0.15) is 0 Å². The van der Waals surface area contributed by atoms with E-state index in [-0.39, 0.29) is 11.8 Å². The molecule has 3 atom stereocenters. The Morgan fingerprint density at radius 3 is 2.92 bits per heavy atom. The summed E-state index contributed by atoms with van der Waals surface area (Å²) in [5.41, 5.74) is 0. The lowest BCUT2D eigenvalue weighted by Crippen LogP contribution is -2.32. The van der Waals surface area contributed by atoms with Crippen molar-refractivity contribution in [3.63, 3.8) is 0 Å². The number of terminal acetylenes is 1. The van der Waals surface area contributed by atoms with Crippen LogP contribution in [0.3, 0.4) is 0 Å². The van der Waals surface area contributed by atoms with Crippen molar-refractivity contribution >= 4 is 5.91 Å². The monoisotopic (exact) mass is 175 g/mol. The number of nitrogens with one attached hydrogen (secondary N) is 1. The first-order valence-electron chi connectivity index (χ1n) is 4.70. The molecule has 2 aliphatic rings. The SMILES string of the molecule is C#CCNC(=O)C1CC2C=CC1C2. The molecule has 68 valence electrons. The van der Waals surface area contributed by atoms with Crippen molar-refractivity contribution in [3.05, 3.63) is 12.2 Å². The van der Waals surface area contributed by atoms with E-state index in [1.165, 1.54) is 0 Å². The van der Waals surface area contributed by atoms with Crippen molar-refractivity contribution in [1.82, 2.24) is 5.32 Å². The van der Waals surface area contributed by atoms with E-state index in [9.17, 15) is 4.79 Å². The van der Waals surface area contributed by atoms with Gasteiger partial charge in [0.2, 0.25) is 5.91 Å². The van der Waals surface area contributed by atoms with Crippen LogP contribution in [0.1, 0.15) is 12.8 Å². The minimum absolute atomic E-state index is 0.134. The molecule has 0 spiro atoms. The van der Waals surface area contributed by atoms with E-state index in [4.69, 9.17) is 6.42 Å². The van der Waals surface area contributed by atoms with Gasteiger partial charge in [-0.15, -0.1) is 6.42 Å². The first kappa shape index (κ1) is 8.37. The van der Waals surface area contributed by atoms with Gasteiger partial charge in [0.05, 0.1) is 6.54 Å². The van der Waals surface area contributed by atoms with Crippen molar-refractivity contribution in [1.29, 1.82) is 0 Å². The fourth-order valence-electron chi connectivity index (χ4n) is 2.35. The number of carbonyl (C=O) groups excluding carboxylic acids is 1. The summed E-state index contributed by atoms with van der Waals surface area (Å²) < 4.78 is 0. The molecule has 2 nitrogen and oxygen atoms in total. The fraction of sp³-hybridized carbons (Fsp3) is 0.545. The van der Waals surface area contributed by atoms with E-state index < -0.39 is 0 Å². The number of amides is 1. The maximum Gasteiger partial charge on any atom is 0.224 e. The summed E-state index contributed by atoms with van der Waals surface area (Å²) in [4.78, 5) is 11.6. The highest BCUT2D eigenvalue weighted by molar-refractivity contribution is 5.80. The van der Waals surface area contributed by atoms with E-state index in [2.05, 4.69) is 23.4 Å². The van der Waals surface area contributed by atoms with Gasteiger partial charge in [-0.05, 0) is 24.7 Å². The van der Waals surface area contributed by atoms with Crippen LogP contribution < -0.4 is 5.32 Å². The Kier molecular flexibility index (Phi) is 2.10. The lowest BCUT2D eigenvalue weighted by atomic mass is 9.93. The van der Waals surface area contributed by atoms with Gasteiger partial charge in [-0.25, -0.2) is 0 Å². The summed E-state index contributed by atoms with van der Waals surface area (Å²) in [6.07, 6.45) is 11.7. The van der Waals surface area contributed by atoms with Gasteiger partial charge in [0.25, 0.3) is 0 Å². The van der Waals surface area contributed by atoms with Crippen molar-refractivity contribution in [2.75, 3.05) is 6.54 Å². The summed E-state index contributed by atoms with van der Waals surface area (Å²) in [5.74, 6) is 3.85. The topological polar surface area (TPSA) is 29.1 Å². The van der Waals surface area contributed by atoms with Crippen molar-refractivity contribution in [3.8, 4) is 12.3 Å². The first-order valence-corrected chi connectivity index (χ1v) is 4.70. The number of fused-ring (bicyclic) bond motifs is 2. The molecule has 0 aliphatic heterocycles. The predicted octanol–water partition coefficient (Wildman–Crippen LogP) is 0.948. The second-order valence-corrected chi connectivity index (χ2v) is 3.81. The van der Waals surface area contributed by atoms with Crippen molar-refractivity contribution < 1.29 is 4.79 Å². The molecule has 2 heteroatoms. The van der Waals surface area contributed by atoms with Gasteiger partial charge in [-0.3, -0.25) is 4.79 Å². The molecule has 0 aromatic rings. The molecule has 0 radical (unpaired) electrons. The molecule has 1 N–H and O–H groups in total. The quantitative estimate of drug-likeness (QED) is 0.491. The lowest BCUT2D eigenvalue weighted by molar-refractivity contribution is -0.125. The zero-order valence-corrected chi connectivity index (χ0v) is 7.49. The third kappa shape index (κ3) is 1.47. The van der Waals surface area contributed by atoms with Crippen molar-refractivity contribution in [2.45, 2.75) is 12.8 Å². The zero-order chi connectivity index (χ0) is 9.26. The Morgan fingerprint density at radius 1 is 1.54 bits per heavy atom. The minimum Gasteiger partial charge on any atom is -0.345 e. The number of rotatable bonds is 2. The average Bonchev–Trinajstić information content (AvgIpc) is 2.74. The summed E-state index contributed by atoms with van der Waals surface area (Å²) in [7, 11) is 0. The Labute approximate surface area is 78.4 Å². The summed E-state index contributed by atoms with van der Waals surface area (Å²) in [6.45, 7) is 0.358. The highest BCUT2D eigenvalue weighted by Gasteiger charge is 2.39. The molecule has 0 saturated heterocycles. The van der Waals surface area contributed by atoms with Crippen molar-refractivity contribution in [2.24, 2.45) is 17.8 Å². The van der Waals surface area contributed by atoms with E-state index in [0.29, 0.717) is 18.4 Å². The lowest BCUT2D eigenvalue weighted by Gasteiger charge is -2.16. The molecular weight excluding hydrogens is 162 g/mol. The van der Waals surface area contributed by atoms with Crippen LogP contribution in [0.4, 0.5) is 0 Å². The number of hydrogen-bond donors (Lipinski definition) is 1. The van der Waals surface area contributed by atoms with Gasteiger partial charge < -0.3 is 5.32 Å². The molecule has 2 rings (SSSR count). The molecule has 1 amide bonds. The van der Waals surface area contributed by atoms with Crippen LogP contribution in [0.5, 0.6) is 0 Å². The summed E-state index contributed by atoms with van der Waals surface area (Å²) in [6, 6.07) is 0. The molecule has 3 unspecified atom stereocenters. The maximum absolute atomic E-state index is 11.6. The Bertz CT molecular complexity index is 287. The predicted molar refractivity (Wildman–Crippen MR) is 50.7 cm³/mol. The summed E-state index contributed by atoms with van der Waals surface area (Å²) in [5, 5.41) is 2.75. The molecule has 2 aliphatic carbocycles. The second-order valence-electron chi connectivity index (χ2n) is 3.81. The average molecular weight is 175 g/mol. The number of carbonyl (C=O) groups is 1. The Morgan fingerprint density at radius 2 is 2.38 bits per heavy atom. The van der Waals surface area contributed by atoms with Crippen LogP contribution in [0.15, 0.2) is 12.2 Å². The van der Waals surface area contributed by atoms with Crippen LogP contribution in [0.2, 0.25) is 0 Å². The van der Waals surface area contributed by atoms with Crippen LogP contribution >= 0.6 is 0 Å². The fourth-order valence-corrected chi connectivity index (χ4v) is 2.35. The molecule has 0 aromatic carbocycles. The molecular formula is C11H13NO. The Hall–Kier alpha value is -1.23. The second kappa shape index (κ2) is 3.26. The molecule has 1 fully saturated rings. The summed E-state index contributed by atoms with van der Waals surface area (Å²) >= 11 is 0. The van der Waals surface area contributed by atoms with E-state index in [0.717, 1.165) is 12.8 Å². The van der Waals surface area contributed by atoms with Gasteiger partial charge in [-0.2, -0.15) is 0 Å². The van der Waals surface area contributed by atoms with E-state index in [1.54, 1.807) is 0 Å². The highest BCUT2D eigenvalue weighted by Crippen LogP contribution is 2.43. The van der Waals surface area contributed by atoms with Crippen LogP contribution in [0, 0.1) is 30.1 Å². The standard InChI is InChI=1S/C11H13NO/c1-2-5-12-11(13)10-7-8-3-4-9(10)6-8/h1,3-4,8-10H,5-7H2,(H,12,13). The molecule has 13 heavy (non-hydrogen) atoms. The molecule has 2 bridgehead atoms. The molecule has 0 aromatic heterocycles. The molecule has 1 saturated carbocycles. The minimum atomic E-state index is 0.134. The largest absolute Gasteiger partial charge is 0.345 e. The van der Waals surface area contributed by atoms with Gasteiger partial charge in [-0.1, -0.05) is 18.1 Å². The number of allylic oxidation sites excluding steroid dienone is 2. The van der Waals surface area contributed by atoms with Crippen LogP contribution in [-0.4, -0.2) is 12.5 Å². The van der Waals surface area contributed by atoms with E-state index in [1.807, 2.05) is 0 Å². The van der Waals surface area contributed by atoms with Crippen LogP contribution in [-0.2, 0) is 4.79 Å². The third-order valence-electron chi connectivity index (χ3n) is 2.98. The van der Waals surface area contributed by atoms with Gasteiger partial charge in [0.15, 0.2) is 0 Å². The van der Waals surface area contributed by atoms with Gasteiger partial charge in [0, 0.05) is 5.92 Å². The smallest absolute Gasteiger partial charge is 0.224 e. The maximum atomic E-state index is 11.6. The van der Waals surface area contributed by atoms with E-state index >= 15 is 0 Å². The van der Waals surface area contributed by atoms with Gasteiger partial charge >= 0.3 is 0 Å². The zero-order valence-electron chi connectivity index (χ0n) is 7.49. The Balaban J connectivity index is 1.92. The third-order valence-corrected chi connectivity index (χ3v) is 2.98. The highest BCUT2D eigenvalue weighted by atomic mass is 16.1. The van der Waals surface area contributed by atoms with Crippen LogP contribution in [0.25, 0.3) is 0 Å². The number of hydrogen-bond acceptors (Lipinski definition) is 1.